The van der Waals surface area contributed by atoms with Crippen LogP contribution in [-0.4, -0.2) is 31.1 Å². The van der Waals surface area contributed by atoms with E-state index in [9.17, 15) is 4.79 Å². The molecule has 1 aliphatic heterocycles. The highest BCUT2D eigenvalue weighted by Crippen LogP contribution is 2.29. The van der Waals surface area contributed by atoms with Crippen LogP contribution in [0, 0.1) is 13.8 Å². The maximum Gasteiger partial charge on any atom is 0.318 e. The van der Waals surface area contributed by atoms with Crippen molar-refractivity contribution in [1.82, 2.24) is 10.2 Å². The predicted molar refractivity (Wildman–Crippen MR) is 71.0 cm³/mol. The first-order valence-corrected chi connectivity index (χ1v) is 6.28. The van der Waals surface area contributed by atoms with E-state index in [-0.39, 0.29) is 12.1 Å². The number of methoxy groups -OCH3 is 1. The first-order chi connectivity index (χ1) is 8.58. The average Bonchev–Trinajstić information content (AvgIpc) is 2.73. The zero-order valence-corrected chi connectivity index (χ0v) is 11.4. The number of nitrogens with one attached hydrogen (secondary N) is 1. The van der Waals surface area contributed by atoms with Crippen LogP contribution in [0.5, 0.6) is 5.75 Å². The van der Waals surface area contributed by atoms with E-state index in [0.717, 1.165) is 24.4 Å². The number of nitrogens with zero attached hydrogens (tertiary/aromatic N) is 1. The number of carbonyl (C=O) groups is 1. The molecule has 4 nitrogen and oxygen atoms in total. The van der Waals surface area contributed by atoms with E-state index in [0.29, 0.717) is 0 Å². The lowest BCUT2D eigenvalue weighted by atomic mass is 9.97. The summed E-state index contributed by atoms with van der Waals surface area (Å²) in [5, 5.41) is 3.02. The lowest BCUT2D eigenvalue weighted by Crippen LogP contribution is -2.27. The Hall–Kier alpha value is -1.71. The third-order valence-corrected chi connectivity index (χ3v) is 3.74. The van der Waals surface area contributed by atoms with Crippen molar-refractivity contribution in [2.75, 3.05) is 20.2 Å². The Balaban J connectivity index is 2.30. The lowest BCUT2D eigenvalue weighted by molar-refractivity contribution is 0.219. The minimum absolute atomic E-state index is 0.0235. The van der Waals surface area contributed by atoms with E-state index >= 15 is 0 Å². The molecule has 1 unspecified atom stereocenters. The number of carbonyl (C=O) groups excluding carboxylic acids is 1. The van der Waals surface area contributed by atoms with Crippen molar-refractivity contribution in [1.29, 1.82) is 0 Å². The standard InChI is InChI=1S/C14H20N2O2/c1-5-16-8-12(15-14(16)17)11-6-7-13(18-4)10(3)9(11)2/h6-7,12H,5,8H2,1-4H3,(H,15,17). The molecule has 0 aromatic heterocycles. The molecule has 98 valence electrons. The molecule has 1 heterocycles. The van der Waals surface area contributed by atoms with E-state index in [1.807, 2.05) is 30.9 Å². The summed E-state index contributed by atoms with van der Waals surface area (Å²) >= 11 is 0. The summed E-state index contributed by atoms with van der Waals surface area (Å²) in [6.45, 7) is 7.60. The van der Waals surface area contributed by atoms with Crippen LogP contribution in [0.2, 0.25) is 0 Å². The maximum absolute atomic E-state index is 11.7. The number of hydrogen-bond donors (Lipinski definition) is 1. The molecule has 2 rings (SSSR count). The van der Waals surface area contributed by atoms with E-state index < -0.39 is 0 Å². The normalized spacial score (nSPS) is 19.0. The van der Waals surface area contributed by atoms with Crippen molar-refractivity contribution in [3.63, 3.8) is 0 Å². The molecule has 1 aromatic rings. The van der Waals surface area contributed by atoms with Crippen LogP contribution >= 0.6 is 0 Å². The molecule has 18 heavy (non-hydrogen) atoms. The number of rotatable bonds is 3. The highest BCUT2D eigenvalue weighted by molar-refractivity contribution is 5.77. The molecule has 1 saturated heterocycles. The third kappa shape index (κ3) is 2.03. The Kier molecular flexibility index (Phi) is 3.45. The molecule has 1 aromatic carbocycles. The molecule has 0 spiro atoms. The molecule has 1 fully saturated rings. The third-order valence-electron chi connectivity index (χ3n) is 3.74. The Morgan fingerprint density at radius 1 is 1.39 bits per heavy atom. The second-order valence-electron chi connectivity index (χ2n) is 4.65. The number of amides is 2. The van der Waals surface area contributed by atoms with Crippen molar-refractivity contribution >= 4 is 6.03 Å². The zero-order valence-electron chi connectivity index (χ0n) is 11.4. The van der Waals surface area contributed by atoms with Gasteiger partial charge in [0.05, 0.1) is 13.2 Å². The molecule has 0 radical (unpaired) electrons. The van der Waals surface area contributed by atoms with Crippen molar-refractivity contribution < 1.29 is 9.53 Å². The highest BCUT2D eigenvalue weighted by Gasteiger charge is 2.29. The van der Waals surface area contributed by atoms with E-state index in [1.165, 1.54) is 11.1 Å². The van der Waals surface area contributed by atoms with Gasteiger partial charge in [-0.1, -0.05) is 6.07 Å². The van der Waals surface area contributed by atoms with Crippen molar-refractivity contribution in [3.8, 4) is 5.75 Å². The first kappa shape index (κ1) is 12.7. The summed E-state index contributed by atoms with van der Waals surface area (Å²) in [7, 11) is 1.68. The zero-order chi connectivity index (χ0) is 13.3. The van der Waals surface area contributed by atoms with Gasteiger partial charge in [-0.3, -0.25) is 0 Å². The maximum atomic E-state index is 11.7. The fourth-order valence-corrected chi connectivity index (χ4v) is 2.45. The topological polar surface area (TPSA) is 41.6 Å². The van der Waals surface area contributed by atoms with Gasteiger partial charge in [-0.05, 0) is 43.5 Å². The Morgan fingerprint density at radius 3 is 2.67 bits per heavy atom. The molecule has 1 N–H and O–H groups in total. The highest BCUT2D eigenvalue weighted by atomic mass is 16.5. The van der Waals surface area contributed by atoms with E-state index in [1.54, 1.807) is 7.11 Å². The van der Waals surface area contributed by atoms with Crippen LogP contribution in [-0.2, 0) is 0 Å². The van der Waals surface area contributed by atoms with Crippen LogP contribution in [0.25, 0.3) is 0 Å². The largest absolute Gasteiger partial charge is 0.496 e. The summed E-state index contributed by atoms with van der Waals surface area (Å²) in [5.74, 6) is 0.896. The monoisotopic (exact) mass is 248 g/mol. The van der Waals surface area contributed by atoms with Gasteiger partial charge in [0.2, 0.25) is 0 Å². The van der Waals surface area contributed by atoms with Crippen molar-refractivity contribution in [3.05, 3.63) is 28.8 Å². The molecule has 2 amide bonds. The van der Waals surface area contributed by atoms with Crippen LogP contribution < -0.4 is 10.1 Å². The first-order valence-electron chi connectivity index (χ1n) is 6.28. The molecule has 1 aliphatic rings. The number of ether oxygens (including phenoxy) is 1. The van der Waals surface area contributed by atoms with Gasteiger partial charge in [-0.15, -0.1) is 0 Å². The van der Waals surface area contributed by atoms with Gasteiger partial charge in [-0.2, -0.15) is 0 Å². The van der Waals surface area contributed by atoms with Crippen LogP contribution in [0.3, 0.4) is 0 Å². The van der Waals surface area contributed by atoms with Gasteiger partial charge < -0.3 is 15.0 Å². The van der Waals surface area contributed by atoms with Crippen molar-refractivity contribution in [2.45, 2.75) is 26.8 Å². The second kappa shape index (κ2) is 4.88. The second-order valence-corrected chi connectivity index (χ2v) is 4.65. The van der Waals surface area contributed by atoms with Gasteiger partial charge in [-0.25, -0.2) is 4.79 Å². The predicted octanol–water partition coefficient (Wildman–Crippen LogP) is 2.40. The lowest BCUT2D eigenvalue weighted by Gasteiger charge is -2.17. The Bertz CT molecular complexity index is 471. The summed E-state index contributed by atoms with van der Waals surface area (Å²) in [6.07, 6.45) is 0. The van der Waals surface area contributed by atoms with E-state index in [2.05, 4.69) is 12.2 Å². The smallest absolute Gasteiger partial charge is 0.318 e. The van der Waals surface area contributed by atoms with Gasteiger partial charge in [0.1, 0.15) is 5.75 Å². The Morgan fingerprint density at radius 2 is 2.11 bits per heavy atom. The molecule has 4 heteroatoms. The molecule has 1 atom stereocenters. The Labute approximate surface area is 108 Å². The fourth-order valence-electron chi connectivity index (χ4n) is 2.45. The number of urea groups is 1. The molecule has 0 bridgehead atoms. The molecular formula is C14H20N2O2. The van der Waals surface area contributed by atoms with Crippen LogP contribution in [0.15, 0.2) is 12.1 Å². The van der Waals surface area contributed by atoms with E-state index in [4.69, 9.17) is 4.74 Å². The quantitative estimate of drug-likeness (QED) is 0.892. The van der Waals surface area contributed by atoms with Crippen LogP contribution in [0.1, 0.15) is 29.7 Å². The molecule has 0 saturated carbocycles. The minimum Gasteiger partial charge on any atom is -0.496 e. The number of likely N-dealkylation sites (N-methyl/N-ethyl adjacent to an activating group) is 1. The minimum atomic E-state index is 0.0235. The van der Waals surface area contributed by atoms with Crippen molar-refractivity contribution in [2.24, 2.45) is 0 Å². The summed E-state index contributed by atoms with van der Waals surface area (Å²) in [6, 6.07) is 4.13. The average molecular weight is 248 g/mol. The van der Waals surface area contributed by atoms with Gasteiger partial charge in [0.25, 0.3) is 0 Å². The number of hydrogen-bond acceptors (Lipinski definition) is 2. The van der Waals surface area contributed by atoms with Gasteiger partial charge in [0.15, 0.2) is 0 Å². The molecule has 0 aliphatic carbocycles. The van der Waals surface area contributed by atoms with Crippen LogP contribution in [0.4, 0.5) is 4.79 Å². The summed E-state index contributed by atoms with van der Waals surface area (Å²) < 4.78 is 5.31. The SMILES string of the molecule is CCN1CC(c2ccc(OC)c(C)c2C)NC1=O. The fraction of sp³-hybridized carbons (Fsp3) is 0.500. The van der Waals surface area contributed by atoms with Gasteiger partial charge >= 0.3 is 6.03 Å². The van der Waals surface area contributed by atoms with Gasteiger partial charge in [0, 0.05) is 13.1 Å². The summed E-state index contributed by atoms with van der Waals surface area (Å²) in [4.78, 5) is 13.5. The molecular weight excluding hydrogens is 228 g/mol. The number of benzene rings is 1. The summed E-state index contributed by atoms with van der Waals surface area (Å²) in [5.41, 5.74) is 3.51.